The van der Waals surface area contributed by atoms with Gasteiger partial charge in [0.2, 0.25) is 5.91 Å². The van der Waals surface area contributed by atoms with Gasteiger partial charge in [-0.3, -0.25) is 15.0 Å². The van der Waals surface area contributed by atoms with Crippen molar-refractivity contribution in [1.82, 2.24) is 5.48 Å². The normalized spacial score (nSPS) is 12.6. The largest absolute Gasteiger partial charge is 0.289 e. The SMILES string of the molecule is CN=C(/C(Cc1cccc(F)c1C)=C(\C)CCC(=O)NO)c1ccccc1. The Hall–Kier alpha value is -2.79. The molecule has 2 N–H and O–H groups in total. The van der Waals surface area contributed by atoms with Gasteiger partial charge in [0.05, 0.1) is 5.71 Å². The first-order chi connectivity index (χ1) is 13.0. The molecule has 0 atom stereocenters. The topological polar surface area (TPSA) is 61.7 Å². The monoisotopic (exact) mass is 368 g/mol. The smallest absolute Gasteiger partial charge is 0.243 e. The van der Waals surface area contributed by atoms with Crippen LogP contribution >= 0.6 is 0 Å². The Kier molecular flexibility index (Phi) is 7.44. The molecule has 0 aliphatic carbocycles. The summed E-state index contributed by atoms with van der Waals surface area (Å²) in [6.07, 6.45) is 1.15. The molecule has 0 bridgehead atoms. The molecule has 2 aromatic carbocycles. The molecule has 0 heterocycles. The van der Waals surface area contributed by atoms with Crippen molar-refractivity contribution in [3.8, 4) is 0 Å². The first-order valence-electron chi connectivity index (χ1n) is 8.86. The molecular formula is C22H25FN2O2. The number of nitrogens with zero attached hydrogens (tertiary/aromatic N) is 1. The highest BCUT2D eigenvalue weighted by Gasteiger charge is 2.16. The zero-order valence-electron chi connectivity index (χ0n) is 15.9. The summed E-state index contributed by atoms with van der Waals surface area (Å²) in [5.41, 5.74) is 6.88. The maximum absolute atomic E-state index is 14.0. The van der Waals surface area contributed by atoms with Crippen LogP contribution in [-0.4, -0.2) is 23.9 Å². The molecule has 0 aliphatic heterocycles. The lowest BCUT2D eigenvalue weighted by Crippen LogP contribution is -2.18. The van der Waals surface area contributed by atoms with Gasteiger partial charge >= 0.3 is 0 Å². The molecule has 1 amide bonds. The molecule has 4 nitrogen and oxygen atoms in total. The van der Waals surface area contributed by atoms with E-state index in [0.29, 0.717) is 18.4 Å². The predicted molar refractivity (Wildman–Crippen MR) is 106 cm³/mol. The quantitative estimate of drug-likeness (QED) is 0.432. The van der Waals surface area contributed by atoms with E-state index in [1.54, 1.807) is 25.5 Å². The third kappa shape index (κ3) is 5.34. The minimum absolute atomic E-state index is 0.166. The zero-order valence-corrected chi connectivity index (χ0v) is 15.9. The Morgan fingerprint density at radius 3 is 2.44 bits per heavy atom. The number of halogens is 1. The predicted octanol–water partition coefficient (Wildman–Crippen LogP) is 4.40. The minimum Gasteiger partial charge on any atom is -0.289 e. The highest BCUT2D eigenvalue weighted by Crippen LogP contribution is 2.24. The summed E-state index contributed by atoms with van der Waals surface area (Å²) in [4.78, 5) is 15.9. The Morgan fingerprint density at radius 1 is 1.11 bits per heavy atom. The highest BCUT2D eigenvalue weighted by molar-refractivity contribution is 6.13. The standard InChI is InChI=1S/C22H25FN2O2/c1-15(12-13-21(26)25-27)19(14-18-10-7-11-20(23)16(18)2)22(24-3)17-8-5-4-6-9-17/h4-11,27H,12-14H2,1-3H3,(H,25,26)/b19-15+,24-22?. The number of carbonyl (C=O) groups is 1. The first kappa shape index (κ1) is 20.5. The minimum atomic E-state index is -0.440. The molecule has 0 saturated heterocycles. The lowest BCUT2D eigenvalue weighted by Gasteiger charge is -2.17. The lowest BCUT2D eigenvalue weighted by atomic mass is 9.89. The van der Waals surface area contributed by atoms with E-state index in [-0.39, 0.29) is 12.2 Å². The fourth-order valence-electron chi connectivity index (χ4n) is 3.01. The van der Waals surface area contributed by atoms with E-state index in [1.165, 1.54) is 6.07 Å². The van der Waals surface area contributed by atoms with Crippen LogP contribution in [0, 0.1) is 12.7 Å². The van der Waals surface area contributed by atoms with E-state index >= 15 is 0 Å². The molecule has 0 aliphatic rings. The van der Waals surface area contributed by atoms with E-state index < -0.39 is 5.91 Å². The van der Waals surface area contributed by atoms with Crippen LogP contribution in [0.3, 0.4) is 0 Å². The second kappa shape index (κ2) is 9.78. The number of hydrogen-bond acceptors (Lipinski definition) is 3. The molecule has 0 aromatic heterocycles. The zero-order chi connectivity index (χ0) is 19.8. The molecule has 0 spiro atoms. The third-order valence-corrected chi connectivity index (χ3v) is 4.67. The average Bonchev–Trinajstić information content (AvgIpc) is 2.69. The lowest BCUT2D eigenvalue weighted by molar-refractivity contribution is -0.129. The van der Waals surface area contributed by atoms with Crippen LogP contribution in [0.1, 0.15) is 36.5 Å². The molecule has 2 rings (SSSR count). The van der Waals surface area contributed by atoms with Crippen molar-refractivity contribution in [1.29, 1.82) is 0 Å². The molecule has 27 heavy (non-hydrogen) atoms. The van der Waals surface area contributed by atoms with Gasteiger partial charge in [-0.1, -0.05) is 48.0 Å². The van der Waals surface area contributed by atoms with Gasteiger partial charge in [0.1, 0.15) is 5.82 Å². The van der Waals surface area contributed by atoms with Crippen molar-refractivity contribution in [2.45, 2.75) is 33.1 Å². The Labute approximate surface area is 159 Å². The third-order valence-electron chi connectivity index (χ3n) is 4.67. The number of carbonyl (C=O) groups excluding carboxylic acids is 1. The van der Waals surface area contributed by atoms with E-state index in [0.717, 1.165) is 28.0 Å². The van der Waals surface area contributed by atoms with Crippen LogP contribution in [-0.2, 0) is 11.2 Å². The van der Waals surface area contributed by atoms with Crippen molar-refractivity contribution in [3.63, 3.8) is 0 Å². The molecule has 2 aromatic rings. The molecule has 0 unspecified atom stereocenters. The first-order valence-corrected chi connectivity index (χ1v) is 8.86. The van der Waals surface area contributed by atoms with Crippen molar-refractivity contribution in [2.75, 3.05) is 7.05 Å². The van der Waals surface area contributed by atoms with Gasteiger partial charge in [0, 0.05) is 13.5 Å². The number of amides is 1. The number of nitrogens with one attached hydrogen (secondary N) is 1. The van der Waals surface area contributed by atoms with Gasteiger partial charge in [-0.05, 0) is 55.0 Å². The second-order valence-electron chi connectivity index (χ2n) is 6.43. The van der Waals surface area contributed by atoms with E-state index in [4.69, 9.17) is 5.21 Å². The molecule has 5 heteroatoms. The Morgan fingerprint density at radius 2 is 1.81 bits per heavy atom. The maximum Gasteiger partial charge on any atom is 0.243 e. The number of hydroxylamine groups is 1. The average molecular weight is 368 g/mol. The van der Waals surface area contributed by atoms with E-state index in [2.05, 4.69) is 4.99 Å². The molecule has 0 saturated carbocycles. The van der Waals surface area contributed by atoms with Gasteiger partial charge in [0.15, 0.2) is 0 Å². The molecular weight excluding hydrogens is 343 g/mol. The van der Waals surface area contributed by atoms with Crippen molar-refractivity contribution in [2.24, 2.45) is 4.99 Å². The number of hydrogen-bond donors (Lipinski definition) is 2. The van der Waals surface area contributed by atoms with Gasteiger partial charge in [-0.15, -0.1) is 0 Å². The number of allylic oxidation sites excluding steroid dienone is 2. The Balaban J connectivity index is 2.47. The van der Waals surface area contributed by atoms with Crippen LogP contribution in [0.25, 0.3) is 0 Å². The van der Waals surface area contributed by atoms with Gasteiger partial charge in [-0.25, -0.2) is 9.87 Å². The maximum atomic E-state index is 14.0. The summed E-state index contributed by atoms with van der Waals surface area (Å²) in [6, 6.07) is 14.9. The fourth-order valence-corrected chi connectivity index (χ4v) is 3.01. The van der Waals surface area contributed by atoms with Crippen LogP contribution in [0.5, 0.6) is 0 Å². The highest BCUT2D eigenvalue weighted by atomic mass is 19.1. The number of aliphatic imine (C=N–C) groups is 1. The van der Waals surface area contributed by atoms with Crippen LogP contribution in [0.2, 0.25) is 0 Å². The summed E-state index contributed by atoms with van der Waals surface area (Å²) in [7, 11) is 1.73. The van der Waals surface area contributed by atoms with Crippen molar-refractivity contribution < 1.29 is 14.4 Å². The number of rotatable bonds is 7. The van der Waals surface area contributed by atoms with Gasteiger partial charge < -0.3 is 0 Å². The van der Waals surface area contributed by atoms with Gasteiger partial charge in [-0.2, -0.15) is 0 Å². The van der Waals surface area contributed by atoms with Crippen molar-refractivity contribution >= 4 is 11.6 Å². The summed E-state index contributed by atoms with van der Waals surface area (Å²) < 4.78 is 14.0. The van der Waals surface area contributed by atoms with Crippen LogP contribution in [0.4, 0.5) is 4.39 Å². The van der Waals surface area contributed by atoms with Crippen LogP contribution in [0.15, 0.2) is 64.7 Å². The van der Waals surface area contributed by atoms with Gasteiger partial charge in [0.25, 0.3) is 0 Å². The van der Waals surface area contributed by atoms with Crippen LogP contribution < -0.4 is 5.48 Å². The summed E-state index contributed by atoms with van der Waals surface area (Å²) in [5.74, 6) is -0.677. The number of benzene rings is 2. The molecule has 0 radical (unpaired) electrons. The molecule has 0 fully saturated rings. The molecule has 142 valence electrons. The van der Waals surface area contributed by atoms with E-state index in [9.17, 15) is 9.18 Å². The summed E-state index contributed by atoms with van der Waals surface area (Å²) >= 11 is 0. The summed E-state index contributed by atoms with van der Waals surface area (Å²) in [6.45, 7) is 3.71. The van der Waals surface area contributed by atoms with E-state index in [1.807, 2.05) is 43.3 Å². The second-order valence-corrected chi connectivity index (χ2v) is 6.43. The fraction of sp³-hybridized carbons (Fsp3) is 0.273. The van der Waals surface area contributed by atoms with Crippen molar-refractivity contribution in [3.05, 3.63) is 82.2 Å². The Bertz CT molecular complexity index is 858. The summed E-state index contributed by atoms with van der Waals surface area (Å²) in [5, 5.41) is 8.74.